The van der Waals surface area contributed by atoms with E-state index in [0.29, 0.717) is 5.56 Å². The van der Waals surface area contributed by atoms with Gasteiger partial charge in [0.1, 0.15) is 0 Å². The summed E-state index contributed by atoms with van der Waals surface area (Å²) in [6, 6.07) is 4.53. The molecule has 0 spiro atoms. The third-order valence-corrected chi connectivity index (χ3v) is 2.25. The molecule has 6 heteroatoms. The maximum atomic E-state index is 12.1. The van der Waals surface area contributed by atoms with Crippen LogP contribution in [0.5, 0.6) is 11.5 Å². The molecular formula is C9H8BrF3O2. The summed E-state index contributed by atoms with van der Waals surface area (Å²) >= 11 is 3.08. The van der Waals surface area contributed by atoms with Crippen LogP contribution in [0.15, 0.2) is 18.2 Å². The summed E-state index contributed by atoms with van der Waals surface area (Å²) in [4.78, 5) is 0. The molecule has 0 radical (unpaired) electrons. The maximum Gasteiger partial charge on any atom is 0.573 e. The van der Waals surface area contributed by atoms with E-state index in [1.165, 1.54) is 19.2 Å². The number of methoxy groups -OCH3 is 1. The molecule has 0 atom stereocenters. The lowest BCUT2D eigenvalue weighted by atomic mass is 10.2. The van der Waals surface area contributed by atoms with Crippen molar-refractivity contribution >= 4 is 15.9 Å². The van der Waals surface area contributed by atoms with Crippen LogP contribution in [-0.2, 0) is 5.33 Å². The average molecular weight is 285 g/mol. The van der Waals surface area contributed by atoms with Gasteiger partial charge in [0.2, 0.25) is 0 Å². The molecule has 84 valence electrons. The predicted octanol–water partition coefficient (Wildman–Crippen LogP) is 3.49. The highest BCUT2D eigenvalue weighted by Gasteiger charge is 2.33. The Morgan fingerprint density at radius 3 is 2.47 bits per heavy atom. The number of hydrogen-bond acceptors (Lipinski definition) is 2. The smallest absolute Gasteiger partial charge is 0.493 e. The topological polar surface area (TPSA) is 18.5 Å². The minimum Gasteiger partial charge on any atom is -0.493 e. The van der Waals surface area contributed by atoms with E-state index in [2.05, 4.69) is 20.7 Å². The fourth-order valence-corrected chi connectivity index (χ4v) is 1.50. The molecule has 1 aromatic rings. The van der Waals surface area contributed by atoms with Crippen molar-refractivity contribution in [2.75, 3.05) is 7.11 Å². The highest BCUT2D eigenvalue weighted by molar-refractivity contribution is 9.08. The molecule has 2 nitrogen and oxygen atoms in total. The lowest BCUT2D eigenvalue weighted by molar-refractivity contribution is -0.275. The predicted molar refractivity (Wildman–Crippen MR) is 52.3 cm³/mol. The minimum atomic E-state index is -4.72. The van der Waals surface area contributed by atoms with Crippen molar-refractivity contribution in [3.05, 3.63) is 23.8 Å². The minimum absolute atomic E-state index is 0.0595. The van der Waals surface area contributed by atoms with Gasteiger partial charge in [-0.25, -0.2) is 0 Å². The Kier molecular flexibility index (Phi) is 3.84. The summed E-state index contributed by atoms with van der Waals surface area (Å²) in [5.41, 5.74) is 0.381. The first-order valence-corrected chi connectivity index (χ1v) is 5.07. The number of benzene rings is 1. The standard InChI is InChI=1S/C9H8BrF3O2/c1-14-7-4-2-3-6(5-10)8(7)15-9(11,12)13/h2-4H,5H2,1H3. The van der Waals surface area contributed by atoms with Gasteiger partial charge in [-0.05, 0) is 6.07 Å². The van der Waals surface area contributed by atoms with E-state index < -0.39 is 6.36 Å². The SMILES string of the molecule is COc1cccc(CBr)c1OC(F)(F)F. The fraction of sp³-hybridized carbons (Fsp3) is 0.333. The van der Waals surface area contributed by atoms with Gasteiger partial charge in [0, 0.05) is 10.9 Å². The van der Waals surface area contributed by atoms with Crippen LogP contribution in [0, 0.1) is 0 Å². The molecule has 0 bridgehead atoms. The van der Waals surface area contributed by atoms with E-state index in [1.54, 1.807) is 6.07 Å². The monoisotopic (exact) mass is 284 g/mol. The van der Waals surface area contributed by atoms with Crippen molar-refractivity contribution < 1.29 is 22.6 Å². The summed E-state index contributed by atoms with van der Waals surface area (Å²) in [6.45, 7) is 0. The number of ether oxygens (including phenoxy) is 2. The van der Waals surface area contributed by atoms with Crippen LogP contribution in [0.3, 0.4) is 0 Å². The van der Waals surface area contributed by atoms with Gasteiger partial charge in [-0.2, -0.15) is 0 Å². The van der Waals surface area contributed by atoms with Gasteiger partial charge in [0.05, 0.1) is 7.11 Å². The molecule has 0 saturated heterocycles. The number of rotatable bonds is 3. The summed E-state index contributed by atoms with van der Waals surface area (Å²) in [5.74, 6) is -0.242. The van der Waals surface area contributed by atoms with E-state index in [9.17, 15) is 13.2 Å². The van der Waals surface area contributed by atoms with E-state index in [-0.39, 0.29) is 16.8 Å². The van der Waals surface area contributed by atoms with Gasteiger partial charge in [-0.15, -0.1) is 13.2 Å². The van der Waals surface area contributed by atoms with Crippen molar-refractivity contribution in [1.82, 2.24) is 0 Å². The van der Waals surface area contributed by atoms with Crippen molar-refractivity contribution in [2.24, 2.45) is 0 Å². The third kappa shape index (κ3) is 3.30. The number of halogens is 4. The van der Waals surface area contributed by atoms with Gasteiger partial charge in [0.15, 0.2) is 11.5 Å². The average Bonchev–Trinajstić information content (AvgIpc) is 2.16. The Bertz CT molecular complexity index is 316. The number of alkyl halides is 4. The summed E-state index contributed by atoms with van der Waals surface area (Å²) < 4.78 is 44.9. The third-order valence-electron chi connectivity index (χ3n) is 1.64. The van der Waals surface area contributed by atoms with Crippen LogP contribution in [0.1, 0.15) is 5.56 Å². The highest BCUT2D eigenvalue weighted by Crippen LogP contribution is 2.36. The molecule has 0 N–H and O–H groups in total. The van der Waals surface area contributed by atoms with Crippen LogP contribution in [0.2, 0.25) is 0 Å². The Morgan fingerprint density at radius 2 is 2.00 bits per heavy atom. The first kappa shape index (κ1) is 12.2. The molecule has 0 aliphatic heterocycles. The molecular weight excluding hydrogens is 277 g/mol. The summed E-state index contributed by atoms with van der Waals surface area (Å²) in [7, 11) is 1.29. The van der Waals surface area contributed by atoms with Crippen LogP contribution >= 0.6 is 15.9 Å². The first-order valence-electron chi connectivity index (χ1n) is 3.95. The first-order chi connectivity index (χ1) is 6.98. The summed E-state index contributed by atoms with van der Waals surface area (Å²) in [5, 5.41) is 0.260. The van der Waals surface area contributed by atoms with Crippen molar-refractivity contribution in [2.45, 2.75) is 11.7 Å². The fourth-order valence-electron chi connectivity index (χ4n) is 1.06. The number of para-hydroxylation sites is 1. The zero-order chi connectivity index (χ0) is 11.5. The van der Waals surface area contributed by atoms with Crippen molar-refractivity contribution in [1.29, 1.82) is 0 Å². The quantitative estimate of drug-likeness (QED) is 0.791. The van der Waals surface area contributed by atoms with E-state index in [4.69, 9.17) is 4.74 Å². The molecule has 0 heterocycles. The van der Waals surface area contributed by atoms with Crippen molar-refractivity contribution in [3.63, 3.8) is 0 Å². The van der Waals surface area contributed by atoms with Gasteiger partial charge in [-0.1, -0.05) is 28.1 Å². The highest BCUT2D eigenvalue weighted by atomic mass is 79.9. The maximum absolute atomic E-state index is 12.1. The van der Waals surface area contributed by atoms with Gasteiger partial charge in [0.25, 0.3) is 0 Å². The largest absolute Gasteiger partial charge is 0.573 e. The Balaban J connectivity index is 3.11. The van der Waals surface area contributed by atoms with Gasteiger partial charge >= 0.3 is 6.36 Å². The normalized spacial score (nSPS) is 11.3. The van der Waals surface area contributed by atoms with Gasteiger partial charge < -0.3 is 9.47 Å². The lowest BCUT2D eigenvalue weighted by Gasteiger charge is -2.15. The Labute approximate surface area is 93.1 Å². The van der Waals surface area contributed by atoms with Crippen LogP contribution in [0.25, 0.3) is 0 Å². The molecule has 0 saturated carbocycles. The Morgan fingerprint density at radius 1 is 1.33 bits per heavy atom. The molecule has 0 fully saturated rings. The van der Waals surface area contributed by atoms with Gasteiger partial charge in [-0.3, -0.25) is 0 Å². The summed E-state index contributed by atoms with van der Waals surface area (Å²) in [6.07, 6.45) is -4.72. The second-order valence-corrected chi connectivity index (χ2v) is 3.19. The van der Waals surface area contributed by atoms with Crippen molar-refractivity contribution in [3.8, 4) is 11.5 Å². The van der Waals surface area contributed by atoms with E-state index in [0.717, 1.165) is 0 Å². The molecule has 0 aromatic heterocycles. The van der Waals surface area contributed by atoms with Crippen LogP contribution in [0.4, 0.5) is 13.2 Å². The number of hydrogen-bond donors (Lipinski definition) is 0. The van der Waals surface area contributed by atoms with E-state index in [1.807, 2.05) is 0 Å². The molecule has 0 aliphatic rings. The van der Waals surface area contributed by atoms with Crippen LogP contribution in [-0.4, -0.2) is 13.5 Å². The van der Waals surface area contributed by atoms with E-state index >= 15 is 0 Å². The molecule has 1 rings (SSSR count). The Hall–Kier alpha value is -0.910. The lowest BCUT2D eigenvalue weighted by Crippen LogP contribution is -2.18. The second-order valence-electron chi connectivity index (χ2n) is 2.63. The molecule has 0 aliphatic carbocycles. The molecule has 0 unspecified atom stereocenters. The zero-order valence-electron chi connectivity index (χ0n) is 7.77. The molecule has 0 amide bonds. The molecule has 1 aromatic carbocycles. The molecule has 15 heavy (non-hydrogen) atoms. The zero-order valence-corrected chi connectivity index (χ0v) is 9.35. The second kappa shape index (κ2) is 4.74. The van der Waals surface area contributed by atoms with Crippen LogP contribution < -0.4 is 9.47 Å².